The van der Waals surface area contributed by atoms with Gasteiger partial charge in [0.05, 0.1) is 11.6 Å². The molecule has 2 aromatic carbocycles. The third kappa shape index (κ3) is 4.98. The zero-order chi connectivity index (χ0) is 17.4. The van der Waals surface area contributed by atoms with Crippen LogP contribution in [-0.4, -0.2) is 44.6 Å². The Morgan fingerprint density at radius 3 is 2.62 bits per heavy atom. The fourth-order valence-electron chi connectivity index (χ4n) is 2.37. The van der Waals surface area contributed by atoms with E-state index in [1.54, 1.807) is 18.0 Å². The molecule has 2 rings (SSSR count). The first-order chi connectivity index (χ1) is 11.6. The topological polar surface area (TPSA) is 41.6 Å². The van der Waals surface area contributed by atoms with Crippen molar-refractivity contribution >= 4 is 17.5 Å². The van der Waals surface area contributed by atoms with E-state index in [2.05, 4.69) is 5.32 Å². The predicted octanol–water partition coefficient (Wildman–Crippen LogP) is 3.25. The number of para-hydroxylation sites is 1. The second kappa shape index (κ2) is 9.30. The fourth-order valence-corrected chi connectivity index (χ4v) is 2.56. The minimum absolute atomic E-state index is 0.00413. The summed E-state index contributed by atoms with van der Waals surface area (Å²) < 4.78 is 5.65. The Balaban J connectivity index is 1.94. The minimum atomic E-state index is 0.00413. The molecule has 24 heavy (non-hydrogen) atoms. The number of amides is 1. The zero-order valence-electron chi connectivity index (χ0n) is 14.1. The summed E-state index contributed by atoms with van der Waals surface area (Å²) in [6.07, 6.45) is 0.822. The molecule has 128 valence electrons. The first kappa shape index (κ1) is 18.3. The van der Waals surface area contributed by atoms with Crippen LogP contribution in [0.2, 0.25) is 5.02 Å². The second-order valence-electron chi connectivity index (χ2n) is 5.52. The smallest absolute Gasteiger partial charge is 0.253 e. The molecule has 0 saturated heterocycles. The largest absolute Gasteiger partial charge is 0.490 e. The molecule has 0 atom stereocenters. The Morgan fingerprint density at radius 2 is 1.88 bits per heavy atom. The number of carbonyl (C=O) groups excluding carboxylic acids is 1. The Bertz CT molecular complexity index is 676. The maximum Gasteiger partial charge on any atom is 0.253 e. The van der Waals surface area contributed by atoms with Gasteiger partial charge in [-0.3, -0.25) is 4.79 Å². The van der Waals surface area contributed by atoms with Gasteiger partial charge in [-0.2, -0.15) is 0 Å². The lowest BCUT2D eigenvalue weighted by molar-refractivity contribution is 0.0772. The van der Waals surface area contributed by atoms with E-state index in [-0.39, 0.29) is 5.91 Å². The molecule has 0 heterocycles. The lowest BCUT2D eigenvalue weighted by Crippen LogP contribution is -2.31. The molecule has 0 spiro atoms. The van der Waals surface area contributed by atoms with E-state index in [1.807, 2.05) is 49.5 Å². The summed E-state index contributed by atoms with van der Waals surface area (Å²) in [6.45, 7) is 1.72. The van der Waals surface area contributed by atoms with Crippen LogP contribution >= 0.6 is 11.6 Å². The highest BCUT2D eigenvalue weighted by molar-refractivity contribution is 6.32. The average molecular weight is 347 g/mol. The van der Waals surface area contributed by atoms with Crippen molar-refractivity contribution in [2.75, 3.05) is 33.8 Å². The minimum Gasteiger partial charge on any atom is -0.490 e. The van der Waals surface area contributed by atoms with Crippen LogP contribution < -0.4 is 10.1 Å². The van der Waals surface area contributed by atoms with E-state index >= 15 is 0 Å². The van der Waals surface area contributed by atoms with Gasteiger partial charge < -0.3 is 15.0 Å². The van der Waals surface area contributed by atoms with Crippen molar-refractivity contribution in [3.63, 3.8) is 0 Å². The molecular formula is C19H23ClN2O2. The second-order valence-corrected chi connectivity index (χ2v) is 5.92. The molecule has 4 nitrogen and oxygen atoms in total. The molecule has 0 aromatic heterocycles. The van der Waals surface area contributed by atoms with Crippen molar-refractivity contribution in [3.05, 3.63) is 64.7 Å². The molecular weight excluding hydrogens is 324 g/mol. The van der Waals surface area contributed by atoms with Gasteiger partial charge in [0.1, 0.15) is 12.4 Å². The summed E-state index contributed by atoms with van der Waals surface area (Å²) in [6, 6.07) is 15.0. The van der Waals surface area contributed by atoms with Gasteiger partial charge in [0.2, 0.25) is 0 Å². The third-order valence-corrected chi connectivity index (χ3v) is 4.07. The number of ether oxygens (including phenoxy) is 1. The van der Waals surface area contributed by atoms with E-state index in [4.69, 9.17) is 16.3 Å². The number of carbonyl (C=O) groups is 1. The number of likely N-dealkylation sites (N-methyl/N-ethyl adjacent to an activating group) is 2. The number of hydrogen-bond donors (Lipinski definition) is 1. The van der Waals surface area contributed by atoms with Gasteiger partial charge in [-0.15, -0.1) is 0 Å². The summed E-state index contributed by atoms with van der Waals surface area (Å²) in [4.78, 5) is 14.3. The van der Waals surface area contributed by atoms with Crippen LogP contribution in [0.1, 0.15) is 15.9 Å². The number of benzene rings is 2. The summed E-state index contributed by atoms with van der Waals surface area (Å²) in [5.41, 5.74) is 1.80. The highest BCUT2D eigenvalue weighted by Crippen LogP contribution is 2.23. The van der Waals surface area contributed by atoms with Crippen LogP contribution in [0.15, 0.2) is 48.5 Å². The maximum atomic E-state index is 12.7. The highest BCUT2D eigenvalue weighted by Gasteiger charge is 2.15. The average Bonchev–Trinajstić information content (AvgIpc) is 2.61. The van der Waals surface area contributed by atoms with Crippen LogP contribution in [0.4, 0.5) is 0 Å². The number of nitrogens with one attached hydrogen (secondary N) is 1. The van der Waals surface area contributed by atoms with Crippen molar-refractivity contribution in [1.82, 2.24) is 10.2 Å². The zero-order valence-corrected chi connectivity index (χ0v) is 14.8. The van der Waals surface area contributed by atoms with Gasteiger partial charge in [0.15, 0.2) is 0 Å². The number of halogens is 1. The Kier molecular flexibility index (Phi) is 7.09. The van der Waals surface area contributed by atoms with Gasteiger partial charge in [0.25, 0.3) is 5.91 Å². The molecule has 0 fully saturated rings. The molecule has 1 N–H and O–H groups in total. The highest BCUT2D eigenvalue weighted by atomic mass is 35.5. The third-order valence-electron chi connectivity index (χ3n) is 3.76. The van der Waals surface area contributed by atoms with Gasteiger partial charge >= 0.3 is 0 Å². The molecule has 1 amide bonds. The van der Waals surface area contributed by atoms with Crippen molar-refractivity contribution in [2.24, 2.45) is 0 Å². The maximum absolute atomic E-state index is 12.7. The van der Waals surface area contributed by atoms with E-state index in [0.29, 0.717) is 23.9 Å². The van der Waals surface area contributed by atoms with Crippen LogP contribution in [0, 0.1) is 0 Å². The molecule has 0 unspecified atom stereocenters. The monoisotopic (exact) mass is 346 g/mol. The SMILES string of the molecule is CNCCc1ccccc1C(=O)N(C)CCOc1ccccc1Cl. The lowest BCUT2D eigenvalue weighted by Gasteiger charge is -2.19. The van der Waals surface area contributed by atoms with E-state index < -0.39 is 0 Å². The fraction of sp³-hybridized carbons (Fsp3) is 0.316. The molecule has 5 heteroatoms. The first-order valence-corrected chi connectivity index (χ1v) is 8.36. The Labute approximate surface area is 148 Å². The van der Waals surface area contributed by atoms with Gasteiger partial charge in [-0.25, -0.2) is 0 Å². The predicted molar refractivity (Wildman–Crippen MR) is 98.0 cm³/mol. The quantitative estimate of drug-likeness (QED) is 0.797. The van der Waals surface area contributed by atoms with Crippen molar-refractivity contribution in [2.45, 2.75) is 6.42 Å². The first-order valence-electron chi connectivity index (χ1n) is 7.98. The number of rotatable bonds is 8. The summed E-state index contributed by atoms with van der Waals surface area (Å²) in [5.74, 6) is 0.638. The van der Waals surface area contributed by atoms with Crippen LogP contribution in [0.25, 0.3) is 0 Å². The summed E-state index contributed by atoms with van der Waals surface area (Å²) >= 11 is 6.06. The van der Waals surface area contributed by atoms with Gasteiger partial charge in [-0.1, -0.05) is 41.9 Å². The van der Waals surface area contributed by atoms with Crippen molar-refractivity contribution < 1.29 is 9.53 Å². The van der Waals surface area contributed by atoms with Crippen molar-refractivity contribution in [1.29, 1.82) is 0 Å². The Hall–Kier alpha value is -2.04. The molecule has 0 bridgehead atoms. The normalized spacial score (nSPS) is 10.5. The summed E-state index contributed by atoms with van der Waals surface area (Å²) in [5, 5.41) is 3.68. The van der Waals surface area contributed by atoms with Crippen LogP contribution in [0.5, 0.6) is 5.75 Å². The van der Waals surface area contributed by atoms with Gasteiger partial charge in [-0.05, 0) is 43.8 Å². The molecule has 2 aromatic rings. The number of nitrogens with zero attached hydrogens (tertiary/aromatic N) is 1. The summed E-state index contributed by atoms with van der Waals surface area (Å²) in [7, 11) is 3.69. The molecule has 0 radical (unpaired) electrons. The van der Waals surface area contributed by atoms with Crippen molar-refractivity contribution in [3.8, 4) is 5.75 Å². The van der Waals surface area contributed by atoms with E-state index in [1.165, 1.54) is 0 Å². The Morgan fingerprint density at radius 1 is 1.17 bits per heavy atom. The van der Waals surface area contributed by atoms with Crippen LogP contribution in [-0.2, 0) is 6.42 Å². The van der Waals surface area contributed by atoms with E-state index in [9.17, 15) is 4.79 Å². The molecule has 0 aliphatic rings. The lowest BCUT2D eigenvalue weighted by atomic mass is 10.0. The molecule has 0 aliphatic heterocycles. The van der Waals surface area contributed by atoms with Gasteiger partial charge in [0, 0.05) is 12.6 Å². The molecule has 0 saturated carbocycles. The van der Waals surface area contributed by atoms with Crippen LogP contribution in [0.3, 0.4) is 0 Å². The van der Waals surface area contributed by atoms with E-state index in [0.717, 1.165) is 24.1 Å². The molecule has 0 aliphatic carbocycles. The number of hydrogen-bond acceptors (Lipinski definition) is 3. The standard InChI is InChI=1S/C19H23ClN2O2/c1-21-12-11-15-7-3-4-8-16(15)19(23)22(2)13-14-24-18-10-6-5-9-17(18)20/h3-10,21H,11-14H2,1-2H3.